The normalized spacial score (nSPS) is 40.6. The van der Waals surface area contributed by atoms with Crippen molar-refractivity contribution in [1.82, 2.24) is 0 Å². The molecule has 0 aromatic carbocycles. The molecular weight excluding hydrogens is 212 g/mol. The monoisotopic (exact) mass is 234 g/mol. The second-order valence-corrected chi connectivity index (χ2v) is 5.49. The van der Waals surface area contributed by atoms with Crippen LogP contribution in [0.15, 0.2) is 23.3 Å². The van der Waals surface area contributed by atoms with Crippen LogP contribution < -0.4 is 0 Å². The first-order valence-electron chi connectivity index (χ1n) is 6.61. The molecule has 1 saturated heterocycles. The zero-order valence-electron chi connectivity index (χ0n) is 11.0. The van der Waals surface area contributed by atoms with Gasteiger partial charge in [0.05, 0.1) is 5.92 Å². The third-order valence-corrected chi connectivity index (χ3v) is 4.04. The van der Waals surface area contributed by atoms with Crippen LogP contribution in [0.1, 0.15) is 46.5 Å². The highest BCUT2D eigenvalue weighted by molar-refractivity contribution is 5.75. The standard InChI is InChI=1S/C15H22O2/c1-10-5-4-6-11(2)9-14-13(8-7-10)12(3)15(16)17-14/h5,9,12-14H,4,6-8H2,1-3H3/b10-5-,11-9-/t12-,13-,14-/m0/s1. The van der Waals surface area contributed by atoms with Gasteiger partial charge in [0.15, 0.2) is 0 Å². The minimum atomic E-state index is -0.0232. The van der Waals surface area contributed by atoms with Crippen molar-refractivity contribution in [3.8, 4) is 0 Å². The first kappa shape index (κ1) is 12.4. The Morgan fingerprint density at radius 3 is 2.76 bits per heavy atom. The molecule has 0 N–H and O–H groups in total. The lowest BCUT2D eigenvalue weighted by atomic mass is 9.85. The third kappa shape index (κ3) is 2.80. The maximum Gasteiger partial charge on any atom is 0.309 e. The van der Waals surface area contributed by atoms with Crippen LogP contribution in [0.2, 0.25) is 0 Å². The second kappa shape index (κ2) is 5.07. The summed E-state index contributed by atoms with van der Waals surface area (Å²) in [5.41, 5.74) is 2.79. The van der Waals surface area contributed by atoms with Gasteiger partial charge < -0.3 is 4.74 Å². The van der Waals surface area contributed by atoms with Crippen molar-refractivity contribution >= 4 is 5.97 Å². The van der Waals surface area contributed by atoms with Crippen LogP contribution in [0.5, 0.6) is 0 Å². The molecule has 94 valence electrons. The Kier molecular flexibility index (Phi) is 3.70. The smallest absolute Gasteiger partial charge is 0.309 e. The van der Waals surface area contributed by atoms with E-state index in [-0.39, 0.29) is 18.0 Å². The summed E-state index contributed by atoms with van der Waals surface area (Å²) in [5.74, 6) is 0.389. The van der Waals surface area contributed by atoms with Crippen molar-refractivity contribution < 1.29 is 9.53 Å². The Hall–Kier alpha value is -1.05. The summed E-state index contributed by atoms with van der Waals surface area (Å²) in [6.45, 7) is 6.33. The number of rotatable bonds is 0. The van der Waals surface area contributed by atoms with E-state index in [1.54, 1.807) is 0 Å². The molecule has 1 aliphatic carbocycles. The van der Waals surface area contributed by atoms with E-state index in [0.29, 0.717) is 5.92 Å². The fourth-order valence-electron chi connectivity index (χ4n) is 2.77. The van der Waals surface area contributed by atoms with Gasteiger partial charge in [0.25, 0.3) is 0 Å². The first-order chi connectivity index (χ1) is 8.08. The summed E-state index contributed by atoms with van der Waals surface area (Å²) in [7, 11) is 0. The van der Waals surface area contributed by atoms with Crippen molar-refractivity contribution in [3.05, 3.63) is 23.3 Å². The highest BCUT2D eigenvalue weighted by Gasteiger charge is 2.40. The zero-order valence-corrected chi connectivity index (χ0v) is 11.0. The van der Waals surface area contributed by atoms with E-state index >= 15 is 0 Å². The van der Waals surface area contributed by atoms with Gasteiger partial charge in [-0.2, -0.15) is 0 Å². The van der Waals surface area contributed by atoms with Gasteiger partial charge in [0.1, 0.15) is 6.10 Å². The minimum absolute atomic E-state index is 0.0170. The summed E-state index contributed by atoms with van der Waals surface area (Å²) in [6.07, 6.45) is 8.85. The molecule has 2 nitrogen and oxygen atoms in total. The SMILES string of the molecule is C/C1=C/[C@@H]2OC(=O)[C@@H](C)[C@@H]2CC/C(C)=C\CC1. The van der Waals surface area contributed by atoms with Crippen LogP contribution >= 0.6 is 0 Å². The number of ether oxygens (including phenoxy) is 1. The maximum absolute atomic E-state index is 11.7. The van der Waals surface area contributed by atoms with Gasteiger partial charge in [-0.3, -0.25) is 4.79 Å². The predicted molar refractivity (Wildman–Crippen MR) is 68.5 cm³/mol. The van der Waals surface area contributed by atoms with E-state index in [1.807, 2.05) is 6.92 Å². The van der Waals surface area contributed by atoms with Crippen LogP contribution in [-0.2, 0) is 9.53 Å². The van der Waals surface area contributed by atoms with Crippen LogP contribution in [0.4, 0.5) is 0 Å². The Labute approximate surface area is 104 Å². The van der Waals surface area contributed by atoms with Gasteiger partial charge >= 0.3 is 5.97 Å². The van der Waals surface area contributed by atoms with Gasteiger partial charge in [-0.05, 0) is 45.6 Å². The molecule has 0 aromatic heterocycles. The van der Waals surface area contributed by atoms with E-state index in [9.17, 15) is 4.79 Å². The molecule has 0 unspecified atom stereocenters. The largest absolute Gasteiger partial charge is 0.458 e. The summed E-state index contributed by atoms with van der Waals surface area (Å²) >= 11 is 0. The molecule has 1 heterocycles. The van der Waals surface area contributed by atoms with E-state index in [1.165, 1.54) is 11.1 Å². The molecule has 1 aliphatic heterocycles. The van der Waals surface area contributed by atoms with Crippen LogP contribution in [0.3, 0.4) is 0 Å². The third-order valence-electron chi connectivity index (χ3n) is 4.04. The van der Waals surface area contributed by atoms with Crippen molar-refractivity contribution in [1.29, 1.82) is 0 Å². The Morgan fingerprint density at radius 2 is 2.00 bits per heavy atom. The van der Waals surface area contributed by atoms with Crippen LogP contribution in [0.25, 0.3) is 0 Å². The highest BCUT2D eigenvalue weighted by Crippen LogP contribution is 2.35. The molecule has 0 saturated carbocycles. The molecule has 17 heavy (non-hydrogen) atoms. The first-order valence-corrected chi connectivity index (χ1v) is 6.61. The van der Waals surface area contributed by atoms with E-state index in [4.69, 9.17) is 4.74 Å². The number of hydrogen-bond acceptors (Lipinski definition) is 2. The van der Waals surface area contributed by atoms with E-state index in [2.05, 4.69) is 26.0 Å². The summed E-state index contributed by atoms with van der Waals surface area (Å²) < 4.78 is 5.48. The Bertz CT molecular complexity index is 365. The Morgan fingerprint density at radius 1 is 1.24 bits per heavy atom. The molecule has 1 fully saturated rings. The average Bonchev–Trinajstić information content (AvgIpc) is 2.52. The van der Waals surface area contributed by atoms with Crippen LogP contribution in [0, 0.1) is 11.8 Å². The summed E-state index contributed by atoms with van der Waals surface area (Å²) in [4.78, 5) is 11.7. The fraction of sp³-hybridized carbons (Fsp3) is 0.667. The molecule has 3 atom stereocenters. The van der Waals surface area contributed by atoms with E-state index < -0.39 is 0 Å². The van der Waals surface area contributed by atoms with Gasteiger partial charge in [-0.25, -0.2) is 0 Å². The summed E-state index contributed by atoms with van der Waals surface area (Å²) in [6, 6.07) is 0. The highest BCUT2D eigenvalue weighted by atomic mass is 16.6. The molecule has 2 heteroatoms. The molecule has 0 spiro atoms. The van der Waals surface area contributed by atoms with Crippen molar-refractivity contribution in [2.45, 2.75) is 52.6 Å². The lowest BCUT2D eigenvalue weighted by Gasteiger charge is -2.19. The number of allylic oxidation sites excluding steroid dienone is 3. The predicted octanol–water partition coefficient (Wildman–Crippen LogP) is 3.63. The molecular formula is C15H22O2. The fourth-order valence-corrected chi connectivity index (χ4v) is 2.77. The topological polar surface area (TPSA) is 26.3 Å². The number of carbonyl (C=O) groups is 1. The number of carbonyl (C=O) groups excluding carboxylic acids is 1. The molecule has 2 aliphatic rings. The number of fused-ring (bicyclic) bond motifs is 1. The van der Waals surface area contributed by atoms with E-state index in [0.717, 1.165) is 25.7 Å². The quantitative estimate of drug-likeness (QED) is 0.472. The van der Waals surface area contributed by atoms with Crippen molar-refractivity contribution in [2.75, 3.05) is 0 Å². The van der Waals surface area contributed by atoms with Gasteiger partial charge in [-0.15, -0.1) is 0 Å². The van der Waals surface area contributed by atoms with Gasteiger partial charge in [0, 0.05) is 5.92 Å². The summed E-state index contributed by atoms with van der Waals surface area (Å²) in [5, 5.41) is 0. The molecule has 0 aromatic rings. The number of esters is 1. The average molecular weight is 234 g/mol. The van der Waals surface area contributed by atoms with Crippen molar-refractivity contribution in [2.24, 2.45) is 11.8 Å². The maximum atomic E-state index is 11.7. The second-order valence-electron chi connectivity index (χ2n) is 5.49. The molecule has 2 rings (SSSR count). The molecule has 0 amide bonds. The molecule has 0 bridgehead atoms. The lowest BCUT2D eigenvalue weighted by molar-refractivity contribution is -0.142. The minimum Gasteiger partial charge on any atom is -0.458 e. The van der Waals surface area contributed by atoms with Gasteiger partial charge in [-0.1, -0.05) is 24.1 Å². The van der Waals surface area contributed by atoms with Crippen LogP contribution in [-0.4, -0.2) is 12.1 Å². The van der Waals surface area contributed by atoms with Crippen molar-refractivity contribution in [3.63, 3.8) is 0 Å². The van der Waals surface area contributed by atoms with Gasteiger partial charge in [0.2, 0.25) is 0 Å². The molecule has 0 radical (unpaired) electrons. The lowest BCUT2D eigenvalue weighted by Crippen LogP contribution is -2.18. The number of hydrogen-bond donors (Lipinski definition) is 0. The Balaban J connectivity index is 2.21. The zero-order chi connectivity index (χ0) is 12.4.